The lowest BCUT2D eigenvalue weighted by Crippen LogP contribution is -2.38. The van der Waals surface area contributed by atoms with Crippen molar-refractivity contribution in [1.82, 2.24) is 5.32 Å². The molecular weight excluding hydrogens is 404 g/mol. The van der Waals surface area contributed by atoms with Crippen LogP contribution in [0, 0.1) is 5.92 Å². The normalized spacial score (nSPS) is 20.2. The van der Waals surface area contributed by atoms with E-state index in [-0.39, 0.29) is 18.0 Å². The third kappa shape index (κ3) is 3.45. The van der Waals surface area contributed by atoms with Crippen molar-refractivity contribution in [2.24, 2.45) is 5.92 Å². The van der Waals surface area contributed by atoms with E-state index in [1.54, 1.807) is 29.5 Å². The van der Waals surface area contributed by atoms with Gasteiger partial charge in [0.1, 0.15) is 21.8 Å². The lowest BCUT2D eigenvalue weighted by molar-refractivity contribution is 0.0739. The molecule has 7 heteroatoms. The number of rotatable bonds is 3. The number of nitrogens with one attached hydrogen (secondary N) is 2. The van der Waals surface area contributed by atoms with Gasteiger partial charge in [0.15, 0.2) is 0 Å². The number of carbonyl (C=O) groups excluding carboxylic acids is 2. The van der Waals surface area contributed by atoms with E-state index in [0.717, 1.165) is 35.4 Å². The molecule has 2 atom stereocenters. The van der Waals surface area contributed by atoms with Crippen LogP contribution in [0.3, 0.4) is 0 Å². The maximum atomic E-state index is 12.8. The monoisotopic (exact) mass is 424 g/mol. The van der Waals surface area contributed by atoms with Crippen molar-refractivity contribution in [2.75, 3.05) is 5.32 Å². The van der Waals surface area contributed by atoms with Gasteiger partial charge in [0.2, 0.25) is 0 Å². The zero-order valence-corrected chi connectivity index (χ0v) is 17.5. The second-order valence-electron chi connectivity index (χ2n) is 7.54. The molecule has 0 fully saturated rings. The molecule has 0 bridgehead atoms. The van der Waals surface area contributed by atoms with Gasteiger partial charge in [-0.2, -0.15) is 0 Å². The second-order valence-corrected chi connectivity index (χ2v) is 9.60. The summed E-state index contributed by atoms with van der Waals surface area (Å²) < 4.78 is 5.41. The van der Waals surface area contributed by atoms with Crippen LogP contribution < -0.4 is 15.4 Å². The Morgan fingerprint density at radius 2 is 2.00 bits per heavy atom. The van der Waals surface area contributed by atoms with Crippen LogP contribution >= 0.6 is 22.7 Å². The number of hydrogen-bond acceptors (Lipinski definition) is 6. The molecule has 0 radical (unpaired) electrons. The summed E-state index contributed by atoms with van der Waals surface area (Å²) in [5, 5.41) is 9.35. The van der Waals surface area contributed by atoms with Crippen molar-refractivity contribution in [2.45, 2.75) is 32.4 Å². The average Bonchev–Trinajstić information content (AvgIpc) is 3.36. The molecule has 0 spiro atoms. The molecular formula is C22H20N2O3S2. The van der Waals surface area contributed by atoms with Crippen LogP contribution in [0.5, 0.6) is 5.75 Å². The number of hydrogen-bond donors (Lipinski definition) is 2. The first-order valence-corrected chi connectivity index (χ1v) is 11.4. The number of benzene rings is 1. The Bertz CT molecular complexity index is 1070. The van der Waals surface area contributed by atoms with Gasteiger partial charge in [-0.15, -0.1) is 22.7 Å². The molecule has 2 unspecified atom stereocenters. The number of ether oxygens (including phenoxy) is 1. The Balaban J connectivity index is 1.33. The molecule has 0 saturated carbocycles. The predicted octanol–water partition coefficient (Wildman–Crippen LogP) is 5.01. The highest BCUT2D eigenvalue weighted by molar-refractivity contribution is 7.16. The summed E-state index contributed by atoms with van der Waals surface area (Å²) in [6, 6.07) is 10.8. The van der Waals surface area contributed by atoms with Crippen LogP contribution in [-0.4, -0.2) is 11.9 Å². The molecule has 5 nitrogen and oxygen atoms in total. The van der Waals surface area contributed by atoms with Gasteiger partial charge in [0.05, 0.1) is 5.56 Å². The maximum Gasteiger partial charge on any atom is 0.353 e. The summed E-state index contributed by atoms with van der Waals surface area (Å²) in [5.74, 6) is 0.783. The summed E-state index contributed by atoms with van der Waals surface area (Å²) in [4.78, 5) is 26.8. The highest BCUT2D eigenvalue weighted by Gasteiger charge is 2.33. The summed E-state index contributed by atoms with van der Waals surface area (Å²) in [7, 11) is 0. The Kier molecular flexibility index (Phi) is 4.64. The van der Waals surface area contributed by atoms with E-state index in [4.69, 9.17) is 4.74 Å². The molecule has 1 aromatic carbocycles. The van der Waals surface area contributed by atoms with Crippen LogP contribution in [0.15, 0.2) is 41.8 Å². The first-order chi connectivity index (χ1) is 14.1. The van der Waals surface area contributed by atoms with Crippen LogP contribution in [0.2, 0.25) is 0 Å². The molecule has 2 aromatic heterocycles. The van der Waals surface area contributed by atoms with E-state index in [2.05, 4.69) is 17.6 Å². The van der Waals surface area contributed by atoms with Crippen LogP contribution in [0.25, 0.3) is 0 Å². The van der Waals surface area contributed by atoms with E-state index < -0.39 is 0 Å². The number of fused-ring (bicyclic) bond motifs is 3. The van der Waals surface area contributed by atoms with Gasteiger partial charge in [-0.25, -0.2) is 4.79 Å². The first-order valence-electron chi connectivity index (χ1n) is 9.66. The van der Waals surface area contributed by atoms with E-state index in [1.807, 2.05) is 23.6 Å². The molecule has 3 heterocycles. The van der Waals surface area contributed by atoms with Gasteiger partial charge < -0.3 is 15.4 Å². The molecule has 2 aliphatic rings. The minimum absolute atomic E-state index is 0.0102. The van der Waals surface area contributed by atoms with E-state index in [0.29, 0.717) is 16.5 Å². The summed E-state index contributed by atoms with van der Waals surface area (Å²) in [5.41, 5.74) is 2.97. The average molecular weight is 425 g/mol. The van der Waals surface area contributed by atoms with Crippen LogP contribution in [-0.2, 0) is 12.8 Å². The highest BCUT2D eigenvalue weighted by atomic mass is 32.1. The highest BCUT2D eigenvalue weighted by Crippen LogP contribution is 2.42. The largest absolute Gasteiger partial charge is 0.422 e. The molecule has 0 saturated heterocycles. The number of carbonyl (C=O) groups is 2. The third-order valence-corrected chi connectivity index (χ3v) is 7.47. The van der Waals surface area contributed by atoms with E-state index in [9.17, 15) is 9.59 Å². The van der Waals surface area contributed by atoms with Gasteiger partial charge in [-0.05, 0) is 59.9 Å². The minimum Gasteiger partial charge on any atom is -0.422 e. The number of esters is 1. The number of anilines is 1. The van der Waals surface area contributed by atoms with Gasteiger partial charge in [0.25, 0.3) is 5.91 Å². The lowest BCUT2D eigenvalue weighted by Gasteiger charge is -2.27. The molecule has 1 amide bonds. The quantitative estimate of drug-likeness (QED) is 0.458. The van der Waals surface area contributed by atoms with Gasteiger partial charge in [-0.1, -0.05) is 25.1 Å². The number of thiophene rings is 2. The Morgan fingerprint density at radius 1 is 1.17 bits per heavy atom. The molecule has 1 aliphatic heterocycles. The predicted molar refractivity (Wildman–Crippen MR) is 115 cm³/mol. The molecule has 2 N–H and O–H groups in total. The van der Waals surface area contributed by atoms with Crippen molar-refractivity contribution in [3.63, 3.8) is 0 Å². The summed E-state index contributed by atoms with van der Waals surface area (Å²) >= 11 is 3.06. The molecule has 5 rings (SSSR count). The zero-order chi connectivity index (χ0) is 20.0. The fourth-order valence-electron chi connectivity index (χ4n) is 3.91. The molecule has 29 heavy (non-hydrogen) atoms. The van der Waals surface area contributed by atoms with Crippen LogP contribution in [0.1, 0.15) is 55.5 Å². The lowest BCUT2D eigenvalue weighted by atomic mass is 9.88. The van der Waals surface area contributed by atoms with Gasteiger partial charge >= 0.3 is 5.97 Å². The van der Waals surface area contributed by atoms with Crippen molar-refractivity contribution >= 4 is 39.6 Å². The molecule has 148 valence electrons. The minimum atomic E-state index is -0.361. The SMILES string of the molecule is CC1CCc2c(sc3c2C(=O)NC(c2ccc(OC(=O)c4cccs4)cc2)N3)C1. The van der Waals surface area contributed by atoms with Gasteiger partial charge in [0, 0.05) is 4.88 Å². The smallest absolute Gasteiger partial charge is 0.353 e. The first kappa shape index (κ1) is 18.4. The van der Waals surface area contributed by atoms with Crippen molar-refractivity contribution in [3.05, 3.63) is 68.2 Å². The van der Waals surface area contributed by atoms with Gasteiger partial charge in [-0.3, -0.25) is 4.79 Å². The summed E-state index contributed by atoms with van der Waals surface area (Å²) in [6.07, 6.45) is 2.87. The topological polar surface area (TPSA) is 67.4 Å². The second kappa shape index (κ2) is 7.31. The zero-order valence-electron chi connectivity index (χ0n) is 15.9. The summed E-state index contributed by atoms with van der Waals surface area (Å²) in [6.45, 7) is 2.27. The van der Waals surface area contributed by atoms with Crippen molar-refractivity contribution in [3.8, 4) is 5.75 Å². The third-order valence-electron chi connectivity index (χ3n) is 5.44. The van der Waals surface area contributed by atoms with Crippen LogP contribution in [0.4, 0.5) is 5.00 Å². The Hall–Kier alpha value is -2.64. The maximum absolute atomic E-state index is 12.8. The van der Waals surface area contributed by atoms with Crippen molar-refractivity contribution < 1.29 is 14.3 Å². The van der Waals surface area contributed by atoms with E-state index in [1.165, 1.54) is 21.8 Å². The fourth-order valence-corrected chi connectivity index (χ4v) is 5.95. The fraction of sp³-hybridized carbons (Fsp3) is 0.273. The Labute approximate surface area is 176 Å². The number of amides is 1. The standard InChI is InChI=1S/C22H20N2O3S2/c1-12-4-9-15-17(11-12)29-21-18(15)20(25)23-19(24-21)13-5-7-14(8-6-13)27-22(26)16-3-2-10-28-16/h2-3,5-8,10,12,19,24H,4,9,11H2,1H3,(H,23,25). The Morgan fingerprint density at radius 3 is 2.76 bits per heavy atom. The molecule has 3 aromatic rings. The van der Waals surface area contributed by atoms with Crippen molar-refractivity contribution in [1.29, 1.82) is 0 Å². The van der Waals surface area contributed by atoms with E-state index >= 15 is 0 Å². The molecule has 1 aliphatic carbocycles.